The summed E-state index contributed by atoms with van der Waals surface area (Å²) in [5.74, 6) is -0.675. The van der Waals surface area contributed by atoms with Gasteiger partial charge in [0, 0.05) is 18.6 Å². The molecule has 0 bridgehead atoms. The lowest BCUT2D eigenvalue weighted by atomic mass is 9.93. The molecular weight excluding hydrogens is 457 g/mol. The van der Waals surface area contributed by atoms with Gasteiger partial charge in [-0.1, -0.05) is 55.2 Å². The Hall–Kier alpha value is -1.38. The summed E-state index contributed by atoms with van der Waals surface area (Å²) in [7, 11) is -2.00. The highest BCUT2D eigenvalue weighted by molar-refractivity contribution is 6.74. The van der Waals surface area contributed by atoms with Gasteiger partial charge in [-0.25, -0.2) is 4.79 Å². The molecule has 2 rings (SSSR count). The van der Waals surface area contributed by atoms with E-state index >= 15 is 0 Å². The Labute approximate surface area is 194 Å². The highest BCUT2D eigenvalue weighted by Gasteiger charge is 2.40. The minimum atomic E-state index is -2.00. The minimum Gasteiger partial charge on any atom is -0.462 e. The fourth-order valence-corrected chi connectivity index (χ4v) is 4.40. The van der Waals surface area contributed by atoms with Crippen LogP contribution in [0.25, 0.3) is 11.3 Å². The zero-order valence-corrected chi connectivity index (χ0v) is 21.6. The molecule has 9 heteroatoms. The molecule has 0 spiro atoms. The lowest BCUT2D eigenvalue weighted by Gasteiger charge is -2.36. The van der Waals surface area contributed by atoms with Gasteiger partial charge in [-0.15, -0.1) is 0 Å². The van der Waals surface area contributed by atoms with E-state index in [2.05, 4.69) is 39.0 Å². The maximum Gasteiger partial charge on any atom is 0.344 e. The van der Waals surface area contributed by atoms with Gasteiger partial charge in [-0.05, 0) is 44.1 Å². The van der Waals surface area contributed by atoms with Crippen molar-refractivity contribution < 1.29 is 23.6 Å². The average molecular weight is 488 g/mol. The molecule has 0 saturated heterocycles. The summed E-state index contributed by atoms with van der Waals surface area (Å²) in [4.78, 5) is 12.8. The third kappa shape index (κ3) is 5.70. The fraction of sp³-hybridized carbons (Fsp3) is 0.545. The van der Waals surface area contributed by atoms with Crippen LogP contribution < -0.4 is 0 Å². The molecule has 1 aromatic carbocycles. The maximum atomic E-state index is 12.8. The van der Waals surface area contributed by atoms with Crippen LogP contribution in [0.15, 0.2) is 22.7 Å². The highest BCUT2D eigenvalue weighted by atomic mass is 35.5. The Morgan fingerprint density at radius 2 is 1.77 bits per heavy atom. The van der Waals surface area contributed by atoms with E-state index in [0.29, 0.717) is 22.2 Å². The van der Waals surface area contributed by atoms with Crippen LogP contribution in [-0.4, -0.2) is 37.8 Å². The lowest BCUT2D eigenvalue weighted by Crippen LogP contribution is -2.41. The lowest BCUT2D eigenvalue weighted by molar-refractivity contribution is 0.00410. The summed E-state index contributed by atoms with van der Waals surface area (Å²) in [6, 6.07) is 4.96. The van der Waals surface area contributed by atoms with Crippen LogP contribution in [-0.2, 0) is 14.8 Å². The molecule has 2 aromatic rings. The maximum absolute atomic E-state index is 12.8. The molecule has 0 aliphatic rings. The number of esters is 1. The number of rotatable bonds is 8. The van der Waals surface area contributed by atoms with Gasteiger partial charge >= 0.3 is 5.97 Å². The van der Waals surface area contributed by atoms with Crippen LogP contribution in [0.3, 0.4) is 0 Å². The van der Waals surface area contributed by atoms with Gasteiger partial charge in [-0.3, -0.25) is 0 Å². The van der Waals surface area contributed by atoms with Crippen molar-refractivity contribution in [3.05, 3.63) is 39.6 Å². The van der Waals surface area contributed by atoms with Crippen molar-refractivity contribution in [2.75, 3.05) is 13.2 Å². The molecule has 1 aromatic heterocycles. The summed E-state index contributed by atoms with van der Waals surface area (Å²) in [6.45, 7) is 14.4. The highest BCUT2D eigenvalue weighted by Crippen LogP contribution is 2.41. The number of benzene rings is 1. The largest absolute Gasteiger partial charge is 0.462 e. The molecule has 172 valence electrons. The van der Waals surface area contributed by atoms with E-state index in [1.54, 1.807) is 32.0 Å². The molecule has 0 aliphatic heterocycles. The van der Waals surface area contributed by atoms with Crippen LogP contribution in [0.1, 0.15) is 57.2 Å². The molecule has 0 amide bonds. The van der Waals surface area contributed by atoms with Gasteiger partial charge in [0.1, 0.15) is 16.9 Å². The topological polar surface area (TPSA) is 81.8 Å². The van der Waals surface area contributed by atoms with Crippen molar-refractivity contribution >= 4 is 37.5 Å². The molecule has 1 heterocycles. The number of nitrogens with zero attached hydrogens (tertiary/aromatic N) is 1. The van der Waals surface area contributed by atoms with Gasteiger partial charge in [0.15, 0.2) is 14.1 Å². The monoisotopic (exact) mass is 487 g/mol. The van der Waals surface area contributed by atoms with Crippen molar-refractivity contribution in [3.63, 3.8) is 0 Å². The number of carbonyl (C=O) groups excluding carboxylic acids is 1. The minimum absolute atomic E-state index is 0.00392. The van der Waals surface area contributed by atoms with Crippen LogP contribution in [0.5, 0.6) is 0 Å². The SMILES string of the molecule is CCOC(=O)c1c(-c2c(Cl)cccc2Cl)noc1C(C)(O)CCO[Si](C)(C)C(C)(C)C. The summed E-state index contributed by atoms with van der Waals surface area (Å²) in [6.07, 6.45) is 0.205. The number of carbonyl (C=O) groups is 1. The van der Waals surface area contributed by atoms with Crippen molar-refractivity contribution in [3.8, 4) is 11.3 Å². The number of aromatic nitrogens is 1. The number of hydrogen-bond acceptors (Lipinski definition) is 6. The van der Waals surface area contributed by atoms with E-state index in [1.165, 1.54) is 0 Å². The van der Waals surface area contributed by atoms with Crippen LogP contribution >= 0.6 is 23.2 Å². The van der Waals surface area contributed by atoms with Gasteiger partial charge in [0.2, 0.25) is 0 Å². The Bertz CT molecular complexity index is 914. The van der Waals surface area contributed by atoms with Crippen LogP contribution in [0.2, 0.25) is 28.2 Å². The van der Waals surface area contributed by atoms with E-state index in [1.807, 2.05) is 0 Å². The molecule has 1 N–H and O–H groups in total. The summed E-state index contributed by atoms with van der Waals surface area (Å²) in [5.41, 5.74) is -1.04. The van der Waals surface area contributed by atoms with Gasteiger partial charge < -0.3 is 18.8 Å². The van der Waals surface area contributed by atoms with Gasteiger partial charge in [-0.2, -0.15) is 0 Å². The molecule has 31 heavy (non-hydrogen) atoms. The molecule has 0 aliphatic carbocycles. The van der Waals surface area contributed by atoms with E-state index in [9.17, 15) is 9.90 Å². The summed E-state index contributed by atoms with van der Waals surface area (Å²) < 4.78 is 16.9. The third-order valence-corrected chi connectivity index (χ3v) is 10.9. The van der Waals surface area contributed by atoms with E-state index < -0.39 is 19.9 Å². The number of halogens is 2. The van der Waals surface area contributed by atoms with Crippen molar-refractivity contribution in [2.45, 2.75) is 64.8 Å². The molecule has 0 fully saturated rings. The second kappa shape index (κ2) is 9.63. The Morgan fingerprint density at radius 1 is 1.19 bits per heavy atom. The Kier molecular flexibility index (Phi) is 8.03. The normalized spacial score (nSPS) is 14.4. The van der Waals surface area contributed by atoms with Crippen LogP contribution in [0.4, 0.5) is 0 Å². The summed E-state index contributed by atoms with van der Waals surface area (Å²) >= 11 is 12.6. The first-order chi connectivity index (χ1) is 14.2. The molecule has 6 nitrogen and oxygen atoms in total. The molecule has 1 atom stereocenters. The van der Waals surface area contributed by atoms with Gasteiger partial charge in [0.05, 0.1) is 16.7 Å². The molecule has 0 saturated carbocycles. The first-order valence-electron chi connectivity index (χ1n) is 10.2. The van der Waals surface area contributed by atoms with Crippen molar-refractivity contribution in [2.24, 2.45) is 0 Å². The Balaban J connectivity index is 2.44. The average Bonchev–Trinajstić information content (AvgIpc) is 3.06. The third-order valence-electron chi connectivity index (χ3n) is 5.72. The molecular formula is C22H31Cl2NO5Si. The first-order valence-corrected chi connectivity index (χ1v) is 13.9. The second-order valence-corrected chi connectivity index (χ2v) is 14.8. The zero-order chi connectivity index (χ0) is 23.6. The quantitative estimate of drug-likeness (QED) is 0.340. The van der Waals surface area contributed by atoms with Gasteiger partial charge in [0.25, 0.3) is 0 Å². The van der Waals surface area contributed by atoms with Crippen molar-refractivity contribution in [1.82, 2.24) is 5.16 Å². The Morgan fingerprint density at radius 3 is 2.29 bits per heavy atom. The summed E-state index contributed by atoms with van der Waals surface area (Å²) in [5, 5.41) is 15.9. The zero-order valence-electron chi connectivity index (χ0n) is 19.1. The molecule has 0 radical (unpaired) electrons. The number of hydrogen-bond donors (Lipinski definition) is 1. The van der Waals surface area contributed by atoms with E-state index in [4.69, 9.17) is 36.9 Å². The fourth-order valence-electron chi connectivity index (χ4n) is 2.78. The van der Waals surface area contributed by atoms with E-state index in [-0.39, 0.29) is 35.1 Å². The number of ether oxygens (including phenoxy) is 1. The predicted octanol–water partition coefficient (Wildman–Crippen LogP) is 6.44. The smallest absolute Gasteiger partial charge is 0.344 e. The van der Waals surface area contributed by atoms with Crippen LogP contribution in [0, 0.1) is 0 Å². The first kappa shape index (κ1) is 25.9. The number of aliphatic hydroxyl groups is 1. The standard InChI is InChI=1S/C22H31Cl2NO5Si/c1-8-28-20(26)17-18(16-14(23)10-9-11-15(16)24)25-30-19(17)22(5,27)12-13-29-31(6,7)21(2,3)4/h9-11,27H,8,12-13H2,1-7H3. The predicted molar refractivity (Wildman–Crippen MR) is 125 cm³/mol. The van der Waals surface area contributed by atoms with Crippen molar-refractivity contribution in [1.29, 1.82) is 0 Å². The molecule has 1 unspecified atom stereocenters. The second-order valence-electron chi connectivity index (χ2n) is 9.19. The van der Waals surface area contributed by atoms with E-state index in [0.717, 1.165) is 0 Å².